The maximum atomic E-state index is 5.48. The van der Waals surface area contributed by atoms with Gasteiger partial charge < -0.3 is 10.6 Å². The van der Waals surface area contributed by atoms with Gasteiger partial charge in [0.25, 0.3) is 0 Å². The topological polar surface area (TPSA) is 27.3 Å². The molecule has 3 fully saturated rings. The molecule has 0 aromatic carbocycles. The van der Waals surface area contributed by atoms with Crippen LogP contribution < -0.4 is 10.6 Å². The van der Waals surface area contributed by atoms with Gasteiger partial charge in [-0.05, 0) is 69.2 Å². The van der Waals surface area contributed by atoms with Crippen LogP contribution in [-0.2, 0) is 0 Å². The molecule has 4 atom stereocenters. The van der Waals surface area contributed by atoms with Gasteiger partial charge in [0, 0.05) is 18.6 Å². The van der Waals surface area contributed by atoms with E-state index in [1.165, 1.54) is 51.6 Å². The molecule has 4 heteroatoms. The molecule has 2 N–H and O–H groups in total. The molecule has 1 heterocycles. The number of likely N-dealkylation sites (tertiary alicyclic amines) is 1. The average molecular weight is 281 g/mol. The van der Waals surface area contributed by atoms with Gasteiger partial charge in [-0.25, -0.2) is 0 Å². The minimum Gasteiger partial charge on any atom is -0.361 e. The van der Waals surface area contributed by atoms with E-state index in [1.54, 1.807) is 0 Å². The second kappa shape index (κ2) is 5.96. The van der Waals surface area contributed by atoms with E-state index in [-0.39, 0.29) is 0 Å². The molecule has 3 aliphatic rings. The standard InChI is InChI=1S/C15H27N3S/c1-2-18-7-3-4-13(18)10-16-15(19)17-14-9-11-5-6-12(14)8-11/h11-14H,2-10H2,1H3,(H2,16,17,19). The number of hydrogen-bond donors (Lipinski definition) is 2. The predicted molar refractivity (Wildman–Crippen MR) is 83.2 cm³/mol. The summed E-state index contributed by atoms with van der Waals surface area (Å²) in [5.74, 6) is 1.87. The number of hydrogen-bond acceptors (Lipinski definition) is 2. The largest absolute Gasteiger partial charge is 0.361 e. The van der Waals surface area contributed by atoms with Crippen LogP contribution in [0.4, 0.5) is 0 Å². The molecule has 0 amide bonds. The number of fused-ring (bicyclic) bond motifs is 2. The van der Waals surface area contributed by atoms with Crippen LogP contribution in [-0.4, -0.2) is 41.7 Å². The highest BCUT2D eigenvalue weighted by molar-refractivity contribution is 7.80. The van der Waals surface area contributed by atoms with E-state index in [4.69, 9.17) is 12.2 Å². The van der Waals surface area contributed by atoms with Crippen molar-refractivity contribution in [2.75, 3.05) is 19.6 Å². The maximum Gasteiger partial charge on any atom is 0.166 e. The number of likely N-dealkylation sites (N-methyl/N-ethyl adjacent to an activating group) is 1. The average Bonchev–Trinajstić information content (AvgIpc) is 3.11. The molecule has 2 saturated carbocycles. The lowest BCUT2D eigenvalue weighted by molar-refractivity contribution is 0.267. The Balaban J connectivity index is 1.39. The fraction of sp³-hybridized carbons (Fsp3) is 0.933. The molecule has 0 spiro atoms. The summed E-state index contributed by atoms with van der Waals surface area (Å²) in [7, 11) is 0. The van der Waals surface area contributed by atoms with E-state index >= 15 is 0 Å². The summed E-state index contributed by atoms with van der Waals surface area (Å²) in [4.78, 5) is 2.56. The van der Waals surface area contributed by atoms with E-state index in [0.717, 1.165) is 23.5 Å². The first kappa shape index (κ1) is 13.6. The Labute approximate surface area is 122 Å². The van der Waals surface area contributed by atoms with E-state index in [9.17, 15) is 0 Å². The maximum absolute atomic E-state index is 5.48. The molecule has 2 aliphatic carbocycles. The van der Waals surface area contributed by atoms with Crippen LogP contribution >= 0.6 is 12.2 Å². The third-order valence-electron chi connectivity index (χ3n) is 5.46. The van der Waals surface area contributed by atoms with Crippen LogP contribution in [0.2, 0.25) is 0 Å². The van der Waals surface area contributed by atoms with Gasteiger partial charge >= 0.3 is 0 Å². The highest BCUT2D eigenvalue weighted by Crippen LogP contribution is 2.44. The van der Waals surface area contributed by atoms with Gasteiger partial charge in [0.15, 0.2) is 5.11 Å². The minimum atomic E-state index is 0.657. The lowest BCUT2D eigenvalue weighted by Crippen LogP contribution is -2.48. The smallest absolute Gasteiger partial charge is 0.166 e. The third kappa shape index (κ3) is 3.05. The first-order chi connectivity index (χ1) is 9.26. The quantitative estimate of drug-likeness (QED) is 0.772. The van der Waals surface area contributed by atoms with Crippen LogP contribution in [0, 0.1) is 11.8 Å². The Morgan fingerprint density at radius 2 is 2.16 bits per heavy atom. The molecular weight excluding hydrogens is 254 g/mol. The lowest BCUT2D eigenvalue weighted by Gasteiger charge is -2.27. The normalized spacial score (nSPS) is 37.7. The number of rotatable bonds is 4. The molecule has 0 radical (unpaired) electrons. The molecule has 3 nitrogen and oxygen atoms in total. The summed E-state index contributed by atoms with van der Waals surface area (Å²) in [5.41, 5.74) is 0. The summed E-state index contributed by atoms with van der Waals surface area (Å²) >= 11 is 5.48. The van der Waals surface area contributed by atoms with Crippen molar-refractivity contribution in [2.45, 2.75) is 57.5 Å². The van der Waals surface area contributed by atoms with Crippen LogP contribution in [0.3, 0.4) is 0 Å². The molecule has 1 saturated heterocycles. The SMILES string of the molecule is CCN1CCCC1CNC(=S)NC1CC2CCC1C2. The van der Waals surface area contributed by atoms with Crippen LogP contribution in [0.5, 0.6) is 0 Å². The van der Waals surface area contributed by atoms with Crippen molar-refractivity contribution in [1.82, 2.24) is 15.5 Å². The van der Waals surface area contributed by atoms with Crippen molar-refractivity contribution in [2.24, 2.45) is 11.8 Å². The van der Waals surface area contributed by atoms with Gasteiger partial charge in [0.05, 0.1) is 0 Å². The molecule has 0 aromatic rings. The number of nitrogens with zero attached hydrogens (tertiary/aromatic N) is 1. The Bertz CT molecular complexity index is 333. The van der Waals surface area contributed by atoms with Crippen molar-refractivity contribution in [3.05, 3.63) is 0 Å². The van der Waals surface area contributed by atoms with Crippen LogP contribution in [0.15, 0.2) is 0 Å². The molecule has 108 valence electrons. The Hall–Kier alpha value is -0.350. The molecule has 2 bridgehead atoms. The Morgan fingerprint density at radius 3 is 2.84 bits per heavy atom. The highest BCUT2D eigenvalue weighted by atomic mass is 32.1. The van der Waals surface area contributed by atoms with Gasteiger partial charge in [0.2, 0.25) is 0 Å². The van der Waals surface area contributed by atoms with Gasteiger partial charge in [-0.2, -0.15) is 0 Å². The summed E-state index contributed by atoms with van der Waals surface area (Å²) in [6, 6.07) is 1.34. The summed E-state index contributed by atoms with van der Waals surface area (Å²) < 4.78 is 0. The van der Waals surface area contributed by atoms with Crippen molar-refractivity contribution in [3.8, 4) is 0 Å². The monoisotopic (exact) mass is 281 g/mol. The van der Waals surface area contributed by atoms with Crippen LogP contribution in [0.1, 0.15) is 45.4 Å². The highest BCUT2D eigenvalue weighted by Gasteiger charge is 2.39. The van der Waals surface area contributed by atoms with Crippen molar-refractivity contribution >= 4 is 17.3 Å². The zero-order valence-electron chi connectivity index (χ0n) is 12.0. The Kier molecular flexibility index (Phi) is 4.27. The van der Waals surface area contributed by atoms with E-state index in [0.29, 0.717) is 12.1 Å². The van der Waals surface area contributed by atoms with Crippen molar-refractivity contribution < 1.29 is 0 Å². The van der Waals surface area contributed by atoms with Gasteiger partial charge in [-0.1, -0.05) is 13.3 Å². The second-order valence-corrected chi connectivity index (χ2v) is 6.97. The fourth-order valence-electron chi connectivity index (χ4n) is 4.39. The fourth-order valence-corrected chi connectivity index (χ4v) is 4.63. The van der Waals surface area contributed by atoms with Crippen molar-refractivity contribution in [1.29, 1.82) is 0 Å². The molecule has 1 aliphatic heterocycles. The first-order valence-corrected chi connectivity index (χ1v) is 8.45. The second-order valence-electron chi connectivity index (χ2n) is 6.56. The third-order valence-corrected chi connectivity index (χ3v) is 5.72. The van der Waals surface area contributed by atoms with E-state index < -0.39 is 0 Å². The predicted octanol–water partition coefficient (Wildman–Crippen LogP) is 2.12. The molecule has 19 heavy (non-hydrogen) atoms. The molecule has 4 unspecified atom stereocenters. The molecule has 3 rings (SSSR count). The minimum absolute atomic E-state index is 0.657. The van der Waals surface area contributed by atoms with Gasteiger partial charge in [0.1, 0.15) is 0 Å². The summed E-state index contributed by atoms with van der Waals surface area (Å²) in [6.45, 7) is 5.69. The van der Waals surface area contributed by atoms with E-state index in [1.807, 2.05) is 0 Å². The van der Waals surface area contributed by atoms with Crippen LogP contribution in [0.25, 0.3) is 0 Å². The zero-order chi connectivity index (χ0) is 13.2. The summed E-state index contributed by atoms with van der Waals surface area (Å²) in [6.07, 6.45) is 8.31. The van der Waals surface area contributed by atoms with Gasteiger partial charge in [-0.3, -0.25) is 4.90 Å². The van der Waals surface area contributed by atoms with E-state index in [2.05, 4.69) is 22.5 Å². The van der Waals surface area contributed by atoms with Crippen molar-refractivity contribution in [3.63, 3.8) is 0 Å². The van der Waals surface area contributed by atoms with Gasteiger partial charge in [-0.15, -0.1) is 0 Å². The first-order valence-electron chi connectivity index (χ1n) is 8.04. The lowest BCUT2D eigenvalue weighted by atomic mass is 9.96. The molecular formula is C15H27N3S. The molecule has 0 aromatic heterocycles. The number of nitrogens with one attached hydrogen (secondary N) is 2. The summed E-state index contributed by atoms with van der Waals surface area (Å²) in [5, 5.41) is 7.91. The Morgan fingerprint density at radius 1 is 1.26 bits per heavy atom. The number of thiocarbonyl (C=S) groups is 1. The zero-order valence-corrected chi connectivity index (χ0v) is 12.8.